The lowest BCUT2D eigenvalue weighted by atomic mass is 10.0. The summed E-state index contributed by atoms with van der Waals surface area (Å²) >= 11 is 0. The van der Waals surface area contributed by atoms with Gasteiger partial charge in [-0.1, -0.05) is 19.1 Å². The third kappa shape index (κ3) is 4.41. The van der Waals surface area contributed by atoms with Gasteiger partial charge in [0.05, 0.1) is 31.9 Å². The van der Waals surface area contributed by atoms with E-state index in [1.165, 1.54) is 0 Å². The summed E-state index contributed by atoms with van der Waals surface area (Å²) < 4.78 is 9.71. The Balaban J connectivity index is 1.35. The second kappa shape index (κ2) is 8.66. The molecular weight excluding hydrogens is 400 g/mol. The fraction of sp³-hybridized carbons (Fsp3) is 0.650. The number of aryl methyl sites for hydroxylation is 1. The van der Waals surface area contributed by atoms with E-state index in [1.807, 2.05) is 16.5 Å². The van der Waals surface area contributed by atoms with Crippen LogP contribution in [0.3, 0.4) is 0 Å². The van der Waals surface area contributed by atoms with Crippen molar-refractivity contribution < 1.29 is 14.3 Å². The van der Waals surface area contributed by atoms with Gasteiger partial charge in [-0.25, -0.2) is 9.48 Å². The number of nitrogens with one attached hydrogen (secondary N) is 2. The molecule has 168 valence electrons. The van der Waals surface area contributed by atoms with Crippen molar-refractivity contribution in [2.24, 2.45) is 5.92 Å². The van der Waals surface area contributed by atoms with Gasteiger partial charge in [-0.3, -0.25) is 9.48 Å². The van der Waals surface area contributed by atoms with E-state index >= 15 is 0 Å². The van der Waals surface area contributed by atoms with Gasteiger partial charge < -0.3 is 20.3 Å². The number of carbonyl (C=O) groups is 2. The molecule has 3 amide bonds. The lowest BCUT2D eigenvalue weighted by Crippen LogP contribution is -2.47. The SMILES string of the molecule is CCn1nccc1C(=O)NCc1nnn2c1COC1(CCN(C(=O)NCC(C)C)C1)C2. The molecular formula is C20H30N8O3. The van der Waals surface area contributed by atoms with E-state index in [-0.39, 0.29) is 18.5 Å². The van der Waals surface area contributed by atoms with E-state index in [2.05, 4.69) is 39.9 Å². The monoisotopic (exact) mass is 430 g/mol. The van der Waals surface area contributed by atoms with Crippen molar-refractivity contribution in [3.63, 3.8) is 0 Å². The first-order valence-electron chi connectivity index (χ1n) is 10.8. The topological polar surface area (TPSA) is 119 Å². The van der Waals surface area contributed by atoms with E-state index < -0.39 is 5.60 Å². The number of aromatic nitrogens is 5. The molecule has 0 aromatic carbocycles. The molecule has 11 heteroatoms. The Hall–Kier alpha value is -2.95. The summed E-state index contributed by atoms with van der Waals surface area (Å²) in [5, 5.41) is 18.5. The molecule has 31 heavy (non-hydrogen) atoms. The molecule has 2 aliphatic rings. The third-order valence-corrected chi connectivity index (χ3v) is 5.80. The Morgan fingerprint density at radius 1 is 1.29 bits per heavy atom. The number of fused-ring (bicyclic) bond motifs is 1. The van der Waals surface area contributed by atoms with E-state index in [0.717, 1.165) is 12.1 Å². The minimum atomic E-state index is -0.440. The van der Waals surface area contributed by atoms with Crippen LogP contribution in [0.1, 0.15) is 49.1 Å². The average molecular weight is 431 g/mol. The first-order valence-corrected chi connectivity index (χ1v) is 10.8. The van der Waals surface area contributed by atoms with Crippen molar-refractivity contribution in [2.45, 2.75) is 59.0 Å². The highest BCUT2D eigenvalue weighted by molar-refractivity contribution is 5.92. The molecule has 0 radical (unpaired) electrons. The molecule has 0 bridgehead atoms. The van der Waals surface area contributed by atoms with Crippen LogP contribution in [0.15, 0.2) is 12.3 Å². The van der Waals surface area contributed by atoms with Crippen molar-refractivity contribution in [1.82, 2.24) is 40.3 Å². The van der Waals surface area contributed by atoms with E-state index in [0.29, 0.717) is 56.6 Å². The standard InChI is InChI=1S/C20H30N8O3/c1-4-27-16(5-7-23-27)18(29)21-10-15-17-11-31-20(13-28(17)25-24-15)6-8-26(12-20)19(30)22-9-14(2)3/h5,7,14H,4,6,8-13H2,1-3H3,(H,21,29)(H,22,30). The van der Waals surface area contributed by atoms with E-state index in [4.69, 9.17) is 4.74 Å². The third-order valence-electron chi connectivity index (χ3n) is 5.80. The van der Waals surface area contributed by atoms with Gasteiger partial charge in [0.1, 0.15) is 17.0 Å². The Morgan fingerprint density at radius 3 is 2.90 bits per heavy atom. The molecule has 4 heterocycles. The van der Waals surface area contributed by atoms with Gasteiger partial charge in [0.15, 0.2) is 0 Å². The summed E-state index contributed by atoms with van der Waals surface area (Å²) in [7, 11) is 0. The highest BCUT2D eigenvalue weighted by Gasteiger charge is 2.44. The van der Waals surface area contributed by atoms with Crippen LogP contribution in [0.5, 0.6) is 0 Å². The number of ether oxygens (including phenoxy) is 1. The van der Waals surface area contributed by atoms with E-state index in [1.54, 1.807) is 16.9 Å². The molecule has 2 aliphatic heterocycles. The molecule has 1 atom stereocenters. The second-order valence-electron chi connectivity index (χ2n) is 8.58. The number of likely N-dealkylation sites (tertiary alicyclic amines) is 1. The summed E-state index contributed by atoms with van der Waals surface area (Å²) in [5.74, 6) is 0.207. The minimum Gasteiger partial charge on any atom is -0.365 e. The van der Waals surface area contributed by atoms with Crippen molar-refractivity contribution in [3.05, 3.63) is 29.3 Å². The maximum atomic E-state index is 12.4. The Kier molecular flexibility index (Phi) is 5.94. The smallest absolute Gasteiger partial charge is 0.317 e. The number of hydrogen-bond donors (Lipinski definition) is 2. The number of urea groups is 1. The first-order chi connectivity index (χ1) is 14.9. The fourth-order valence-electron chi connectivity index (χ4n) is 4.03. The van der Waals surface area contributed by atoms with Crippen LogP contribution in [0.4, 0.5) is 4.79 Å². The molecule has 4 rings (SSSR count). The van der Waals surface area contributed by atoms with Gasteiger partial charge in [0.25, 0.3) is 5.91 Å². The highest BCUT2D eigenvalue weighted by Crippen LogP contribution is 2.32. The fourth-order valence-corrected chi connectivity index (χ4v) is 4.03. The van der Waals surface area contributed by atoms with Crippen LogP contribution in [0.25, 0.3) is 0 Å². The van der Waals surface area contributed by atoms with Gasteiger partial charge in [-0.2, -0.15) is 5.10 Å². The average Bonchev–Trinajstić information content (AvgIpc) is 3.48. The van der Waals surface area contributed by atoms with Crippen LogP contribution in [-0.4, -0.2) is 66.8 Å². The van der Waals surface area contributed by atoms with Gasteiger partial charge in [0.2, 0.25) is 0 Å². The maximum absolute atomic E-state index is 12.4. The van der Waals surface area contributed by atoms with Gasteiger partial charge >= 0.3 is 6.03 Å². The highest BCUT2D eigenvalue weighted by atomic mass is 16.5. The van der Waals surface area contributed by atoms with Crippen molar-refractivity contribution in [3.8, 4) is 0 Å². The van der Waals surface area contributed by atoms with Gasteiger partial charge in [-0.15, -0.1) is 5.10 Å². The molecule has 0 aliphatic carbocycles. The summed E-state index contributed by atoms with van der Waals surface area (Å²) in [6.07, 6.45) is 2.37. The van der Waals surface area contributed by atoms with Crippen LogP contribution >= 0.6 is 0 Å². The number of hydrogen-bond acceptors (Lipinski definition) is 6. The van der Waals surface area contributed by atoms with Gasteiger partial charge in [-0.05, 0) is 25.3 Å². The normalized spacial score (nSPS) is 20.3. The van der Waals surface area contributed by atoms with Crippen molar-refractivity contribution in [1.29, 1.82) is 0 Å². The Bertz CT molecular complexity index is 952. The number of rotatable bonds is 6. The predicted octanol–water partition coefficient (Wildman–Crippen LogP) is 0.765. The second-order valence-corrected chi connectivity index (χ2v) is 8.58. The lowest BCUT2D eigenvalue weighted by molar-refractivity contribution is -0.0824. The van der Waals surface area contributed by atoms with Crippen LogP contribution < -0.4 is 10.6 Å². The summed E-state index contributed by atoms with van der Waals surface area (Å²) in [4.78, 5) is 26.6. The zero-order valence-electron chi connectivity index (χ0n) is 18.3. The molecule has 2 aromatic rings. The molecule has 11 nitrogen and oxygen atoms in total. The van der Waals surface area contributed by atoms with Crippen LogP contribution in [0, 0.1) is 5.92 Å². The minimum absolute atomic E-state index is 0.0479. The quantitative estimate of drug-likeness (QED) is 0.699. The van der Waals surface area contributed by atoms with Crippen molar-refractivity contribution >= 4 is 11.9 Å². The number of carbonyl (C=O) groups excluding carboxylic acids is 2. The van der Waals surface area contributed by atoms with Crippen molar-refractivity contribution in [2.75, 3.05) is 19.6 Å². The van der Waals surface area contributed by atoms with Gasteiger partial charge in [0, 0.05) is 25.8 Å². The first kappa shape index (κ1) is 21.3. The molecule has 1 saturated heterocycles. The molecule has 1 fully saturated rings. The number of nitrogens with zero attached hydrogens (tertiary/aromatic N) is 6. The number of amides is 3. The van der Waals surface area contributed by atoms with Crippen LogP contribution in [0.2, 0.25) is 0 Å². The summed E-state index contributed by atoms with van der Waals surface area (Å²) in [6.45, 7) is 9.71. The Labute approximate surface area is 181 Å². The van der Waals surface area contributed by atoms with E-state index in [9.17, 15) is 9.59 Å². The Morgan fingerprint density at radius 2 is 2.13 bits per heavy atom. The molecule has 1 unspecified atom stereocenters. The lowest BCUT2D eigenvalue weighted by Gasteiger charge is -2.34. The zero-order valence-corrected chi connectivity index (χ0v) is 18.3. The largest absolute Gasteiger partial charge is 0.365 e. The molecule has 0 saturated carbocycles. The van der Waals surface area contributed by atoms with Crippen LogP contribution in [-0.2, 0) is 31.0 Å². The zero-order chi connectivity index (χ0) is 22.0. The summed E-state index contributed by atoms with van der Waals surface area (Å²) in [6, 6.07) is 1.64. The molecule has 2 N–H and O–H groups in total. The molecule has 2 aromatic heterocycles. The predicted molar refractivity (Wildman–Crippen MR) is 111 cm³/mol. The molecule has 1 spiro atoms. The summed E-state index contributed by atoms with van der Waals surface area (Å²) in [5.41, 5.74) is 1.62. The maximum Gasteiger partial charge on any atom is 0.317 e.